The van der Waals surface area contributed by atoms with Crippen molar-refractivity contribution >= 4 is 5.82 Å². The van der Waals surface area contributed by atoms with E-state index in [0.29, 0.717) is 0 Å². The smallest absolute Gasteiger partial charge is 0.129 e. The Morgan fingerprint density at radius 2 is 1.89 bits per heavy atom. The van der Waals surface area contributed by atoms with Gasteiger partial charge in [-0.2, -0.15) is 0 Å². The third kappa shape index (κ3) is 4.63. The van der Waals surface area contributed by atoms with Gasteiger partial charge < -0.3 is 14.9 Å². The normalized spacial score (nSPS) is 11.0. The Bertz CT molecular complexity index is 366. The van der Waals surface area contributed by atoms with E-state index in [1.54, 1.807) is 0 Å². The van der Waals surface area contributed by atoms with Gasteiger partial charge in [-0.25, -0.2) is 4.98 Å². The monoisotopic (exact) mass is 251 g/mol. The Balaban J connectivity index is 2.86. The number of anilines is 1. The number of hydrogen-bond acceptors (Lipinski definition) is 4. The summed E-state index contributed by atoms with van der Waals surface area (Å²) in [5.74, 6) is 0.975. The molecule has 0 unspecified atom stereocenters. The Kier molecular flexibility index (Phi) is 6.09. The molecule has 0 aliphatic rings. The van der Waals surface area contributed by atoms with Crippen LogP contribution in [0.5, 0.6) is 0 Å². The summed E-state index contributed by atoms with van der Waals surface area (Å²) < 4.78 is 0. The summed E-state index contributed by atoms with van der Waals surface area (Å²) in [5, 5.41) is 9.26. The molecule has 1 rings (SSSR count). The molecule has 0 aliphatic carbocycles. The second-order valence-corrected chi connectivity index (χ2v) is 4.92. The summed E-state index contributed by atoms with van der Waals surface area (Å²) in [6.45, 7) is 7.18. The molecule has 4 nitrogen and oxygen atoms in total. The average Bonchev–Trinajstić information content (AvgIpc) is 2.33. The predicted octanol–water partition coefficient (Wildman–Crippen LogP) is 1.66. The van der Waals surface area contributed by atoms with E-state index in [0.717, 1.165) is 43.1 Å². The summed E-state index contributed by atoms with van der Waals surface area (Å²) in [5.41, 5.74) is 1.89. The van der Waals surface area contributed by atoms with E-state index in [2.05, 4.69) is 35.8 Å². The lowest BCUT2D eigenvalue weighted by Gasteiger charge is -2.25. The molecule has 1 heterocycles. The Labute approximate surface area is 110 Å². The maximum Gasteiger partial charge on any atom is 0.129 e. The van der Waals surface area contributed by atoms with Gasteiger partial charge in [0.05, 0.1) is 6.61 Å². The molecule has 0 saturated carbocycles. The number of aromatic nitrogens is 1. The minimum Gasteiger partial charge on any atom is -0.392 e. The van der Waals surface area contributed by atoms with Crippen LogP contribution in [0.15, 0.2) is 12.1 Å². The lowest BCUT2D eigenvalue weighted by Crippen LogP contribution is -2.33. The number of pyridine rings is 1. The molecule has 0 aromatic carbocycles. The Morgan fingerprint density at radius 1 is 1.17 bits per heavy atom. The SMILES string of the molecule is CCCN(CCN(C)C)c1cc(CO)cc(C)n1. The molecule has 0 fully saturated rings. The average molecular weight is 251 g/mol. The molecule has 102 valence electrons. The Morgan fingerprint density at radius 3 is 2.44 bits per heavy atom. The first kappa shape index (κ1) is 14.9. The maximum absolute atomic E-state index is 9.26. The highest BCUT2D eigenvalue weighted by atomic mass is 16.3. The van der Waals surface area contributed by atoms with Gasteiger partial charge >= 0.3 is 0 Å². The molecule has 0 amide bonds. The predicted molar refractivity (Wildman–Crippen MR) is 76.0 cm³/mol. The van der Waals surface area contributed by atoms with Crippen molar-refractivity contribution in [1.29, 1.82) is 0 Å². The van der Waals surface area contributed by atoms with Gasteiger partial charge in [0.15, 0.2) is 0 Å². The molecule has 0 spiro atoms. The van der Waals surface area contributed by atoms with Gasteiger partial charge in [-0.1, -0.05) is 6.92 Å². The topological polar surface area (TPSA) is 39.6 Å². The van der Waals surface area contributed by atoms with Crippen molar-refractivity contribution in [3.63, 3.8) is 0 Å². The summed E-state index contributed by atoms with van der Waals surface area (Å²) >= 11 is 0. The molecule has 1 N–H and O–H groups in total. The van der Waals surface area contributed by atoms with E-state index in [1.165, 1.54) is 0 Å². The van der Waals surface area contributed by atoms with Crippen molar-refractivity contribution in [3.05, 3.63) is 23.4 Å². The highest BCUT2D eigenvalue weighted by Gasteiger charge is 2.09. The molecule has 1 aromatic heterocycles. The molecule has 0 aliphatic heterocycles. The zero-order chi connectivity index (χ0) is 13.5. The van der Waals surface area contributed by atoms with E-state index < -0.39 is 0 Å². The second-order valence-electron chi connectivity index (χ2n) is 4.92. The highest BCUT2D eigenvalue weighted by molar-refractivity contribution is 5.42. The van der Waals surface area contributed by atoms with Crippen LogP contribution in [0.1, 0.15) is 24.6 Å². The fraction of sp³-hybridized carbons (Fsp3) is 0.643. The van der Waals surface area contributed by atoms with E-state index in [4.69, 9.17) is 0 Å². The molecular formula is C14H25N3O. The van der Waals surface area contributed by atoms with Crippen molar-refractivity contribution in [2.75, 3.05) is 38.6 Å². The molecule has 0 saturated heterocycles. The van der Waals surface area contributed by atoms with Gasteiger partial charge in [-0.3, -0.25) is 0 Å². The minimum absolute atomic E-state index is 0.0734. The fourth-order valence-electron chi connectivity index (χ4n) is 1.91. The van der Waals surface area contributed by atoms with E-state index >= 15 is 0 Å². The standard InChI is InChI=1S/C14H25N3O/c1-5-6-17(8-7-16(3)4)14-10-13(11-18)9-12(2)15-14/h9-10,18H,5-8,11H2,1-4H3. The van der Waals surface area contributed by atoms with Crippen molar-refractivity contribution < 1.29 is 5.11 Å². The number of rotatable bonds is 7. The van der Waals surface area contributed by atoms with Crippen molar-refractivity contribution in [3.8, 4) is 0 Å². The number of nitrogens with zero attached hydrogens (tertiary/aromatic N) is 3. The van der Waals surface area contributed by atoms with Crippen molar-refractivity contribution in [1.82, 2.24) is 9.88 Å². The van der Waals surface area contributed by atoms with Gasteiger partial charge in [0.1, 0.15) is 5.82 Å². The molecule has 18 heavy (non-hydrogen) atoms. The van der Waals surface area contributed by atoms with Crippen LogP contribution >= 0.6 is 0 Å². The van der Waals surface area contributed by atoms with Gasteiger partial charge in [0.25, 0.3) is 0 Å². The van der Waals surface area contributed by atoms with Gasteiger partial charge in [-0.05, 0) is 45.1 Å². The summed E-state index contributed by atoms with van der Waals surface area (Å²) in [6.07, 6.45) is 1.09. The molecule has 0 atom stereocenters. The number of aryl methyl sites for hydroxylation is 1. The van der Waals surface area contributed by atoms with Gasteiger partial charge in [-0.15, -0.1) is 0 Å². The molecule has 0 bridgehead atoms. The van der Waals surface area contributed by atoms with Crippen LogP contribution in [0.4, 0.5) is 5.82 Å². The maximum atomic E-state index is 9.26. The number of likely N-dealkylation sites (N-methyl/N-ethyl adjacent to an activating group) is 1. The van der Waals surface area contributed by atoms with E-state index in [1.807, 2.05) is 19.1 Å². The largest absolute Gasteiger partial charge is 0.392 e. The van der Waals surface area contributed by atoms with Crippen molar-refractivity contribution in [2.45, 2.75) is 26.9 Å². The Hall–Kier alpha value is -1.13. The fourth-order valence-corrected chi connectivity index (χ4v) is 1.91. The molecular weight excluding hydrogens is 226 g/mol. The lowest BCUT2D eigenvalue weighted by atomic mass is 10.2. The first-order valence-electron chi connectivity index (χ1n) is 6.55. The quantitative estimate of drug-likeness (QED) is 0.800. The van der Waals surface area contributed by atoms with Gasteiger partial charge in [0, 0.05) is 25.3 Å². The molecule has 1 aromatic rings. The van der Waals surface area contributed by atoms with Crippen LogP contribution in [0.2, 0.25) is 0 Å². The van der Waals surface area contributed by atoms with E-state index in [9.17, 15) is 5.11 Å². The molecule has 4 heteroatoms. The van der Waals surface area contributed by atoms with Crippen LogP contribution in [-0.4, -0.2) is 48.7 Å². The third-order valence-corrected chi connectivity index (χ3v) is 2.82. The van der Waals surface area contributed by atoms with Crippen LogP contribution in [-0.2, 0) is 6.61 Å². The first-order chi connectivity index (χ1) is 8.56. The summed E-state index contributed by atoms with van der Waals surface area (Å²) in [6, 6.07) is 3.91. The van der Waals surface area contributed by atoms with Crippen LogP contribution in [0, 0.1) is 6.92 Å². The van der Waals surface area contributed by atoms with Crippen molar-refractivity contribution in [2.24, 2.45) is 0 Å². The lowest BCUT2D eigenvalue weighted by molar-refractivity contribution is 0.281. The molecule has 0 radical (unpaired) electrons. The minimum atomic E-state index is 0.0734. The third-order valence-electron chi connectivity index (χ3n) is 2.82. The number of aliphatic hydroxyl groups is 1. The zero-order valence-corrected chi connectivity index (χ0v) is 12.0. The van der Waals surface area contributed by atoms with Crippen LogP contribution in [0.3, 0.4) is 0 Å². The number of hydrogen-bond donors (Lipinski definition) is 1. The number of aliphatic hydroxyl groups excluding tert-OH is 1. The van der Waals surface area contributed by atoms with E-state index in [-0.39, 0.29) is 6.61 Å². The summed E-state index contributed by atoms with van der Waals surface area (Å²) in [7, 11) is 4.15. The second kappa shape index (κ2) is 7.34. The summed E-state index contributed by atoms with van der Waals surface area (Å²) in [4.78, 5) is 9.03. The zero-order valence-electron chi connectivity index (χ0n) is 12.0. The first-order valence-corrected chi connectivity index (χ1v) is 6.55. The van der Waals surface area contributed by atoms with Crippen LogP contribution in [0.25, 0.3) is 0 Å². The highest BCUT2D eigenvalue weighted by Crippen LogP contribution is 2.15. The van der Waals surface area contributed by atoms with Crippen LogP contribution < -0.4 is 4.90 Å². The van der Waals surface area contributed by atoms with Gasteiger partial charge in [0.2, 0.25) is 0 Å².